The number of aromatic nitrogens is 4. The van der Waals surface area contributed by atoms with Crippen LogP contribution >= 0.6 is 0 Å². The summed E-state index contributed by atoms with van der Waals surface area (Å²) in [5.74, 6) is -0.161. The van der Waals surface area contributed by atoms with Crippen LogP contribution < -0.4 is 5.32 Å². The molecule has 0 bridgehead atoms. The molecule has 2 heterocycles. The summed E-state index contributed by atoms with van der Waals surface area (Å²) >= 11 is 0. The Kier molecular flexibility index (Phi) is 5.53. The quantitative estimate of drug-likeness (QED) is 0.702. The number of benzene rings is 1. The molecule has 1 aromatic carbocycles. The Hall–Kier alpha value is -2.37. The van der Waals surface area contributed by atoms with Gasteiger partial charge in [0.2, 0.25) is 15.8 Å². The molecule has 1 fully saturated rings. The molecule has 1 N–H and O–H groups in total. The van der Waals surface area contributed by atoms with Crippen molar-refractivity contribution in [3.8, 4) is 11.4 Å². The summed E-state index contributed by atoms with van der Waals surface area (Å²) in [6.45, 7) is 0.594. The van der Waals surface area contributed by atoms with Crippen LogP contribution in [-0.4, -0.2) is 77.9 Å². The van der Waals surface area contributed by atoms with Gasteiger partial charge in [0.1, 0.15) is 0 Å². The number of carbonyl (C=O) groups is 1. The highest BCUT2D eigenvalue weighted by atomic mass is 32.2. The number of hydrogen-bond acceptors (Lipinski definition) is 7. The van der Waals surface area contributed by atoms with Crippen LogP contribution in [0.15, 0.2) is 24.3 Å². The highest BCUT2D eigenvalue weighted by Crippen LogP contribution is 2.19. The summed E-state index contributed by atoms with van der Waals surface area (Å²) < 4.78 is 30.8. The molecule has 2 atom stereocenters. The van der Waals surface area contributed by atoms with Crippen LogP contribution in [0, 0.1) is 5.92 Å². The van der Waals surface area contributed by atoms with E-state index in [4.69, 9.17) is 4.74 Å². The number of aryl methyl sites for hydroxylation is 1. The first-order valence-corrected chi connectivity index (χ1v) is 10.0. The second-order valence-electron chi connectivity index (χ2n) is 6.62. The maximum Gasteiger partial charge on any atom is 0.251 e. The van der Waals surface area contributed by atoms with Gasteiger partial charge in [-0.15, -0.1) is 10.2 Å². The molecule has 27 heavy (non-hydrogen) atoms. The Morgan fingerprint density at radius 1 is 1.30 bits per heavy atom. The lowest BCUT2D eigenvalue weighted by Crippen LogP contribution is -2.43. The van der Waals surface area contributed by atoms with Crippen molar-refractivity contribution in [1.82, 2.24) is 29.8 Å². The van der Waals surface area contributed by atoms with E-state index in [1.807, 2.05) is 0 Å². The van der Waals surface area contributed by atoms with E-state index in [9.17, 15) is 13.2 Å². The number of sulfonamides is 1. The predicted molar refractivity (Wildman–Crippen MR) is 97.3 cm³/mol. The van der Waals surface area contributed by atoms with Crippen LogP contribution in [0.25, 0.3) is 11.4 Å². The molecule has 1 aromatic heterocycles. The molecule has 1 aliphatic heterocycles. The van der Waals surface area contributed by atoms with Crippen LogP contribution in [0.5, 0.6) is 0 Å². The predicted octanol–water partition coefficient (Wildman–Crippen LogP) is -0.487. The van der Waals surface area contributed by atoms with E-state index in [-0.39, 0.29) is 23.6 Å². The van der Waals surface area contributed by atoms with E-state index in [1.165, 1.54) is 23.2 Å². The molecule has 0 spiro atoms. The number of tetrazole rings is 1. The van der Waals surface area contributed by atoms with Crippen molar-refractivity contribution in [1.29, 1.82) is 0 Å². The van der Waals surface area contributed by atoms with Gasteiger partial charge in [-0.1, -0.05) is 12.1 Å². The van der Waals surface area contributed by atoms with Gasteiger partial charge in [-0.25, -0.2) is 12.7 Å². The lowest BCUT2D eigenvalue weighted by atomic mass is 10.1. The van der Waals surface area contributed by atoms with Crippen molar-refractivity contribution < 1.29 is 17.9 Å². The highest BCUT2D eigenvalue weighted by Gasteiger charge is 2.34. The van der Waals surface area contributed by atoms with Gasteiger partial charge in [-0.05, 0) is 17.3 Å². The van der Waals surface area contributed by atoms with E-state index in [1.54, 1.807) is 31.3 Å². The second-order valence-corrected chi connectivity index (χ2v) is 8.85. The van der Waals surface area contributed by atoms with E-state index < -0.39 is 10.0 Å². The molecule has 0 unspecified atom stereocenters. The van der Waals surface area contributed by atoms with Gasteiger partial charge < -0.3 is 10.1 Å². The zero-order chi connectivity index (χ0) is 19.6. The zero-order valence-electron chi connectivity index (χ0n) is 15.4. The van der Waals surface area contributed by atoms with Crippen LogP contribution in [-0.2, 0) is 21.8 Å². The van der Waals surface area contributed by atoms with Gasteiger partial charge in [0.05, 0.1) is 32.1 Å². The van der Waals surface area contributed by atoms with Crippen LogP contribution in [0.4, 0.5) is 0 Å². The number of amides is 1. The molecule has 2 aromatic rings. The molecular weight excluding hydrogens is 372 g/mol. The molecule has 11 heteroatoms. The lowest BCUT2D eigenvalue weighted by Gasteiger charge is -2.21. The number of nitrogens with zero attached hydrogens (tertiary/aromatic N) is 5. The third kappa shape index (κ3) is 4.49. The van der Waals surface area contributed by atoms with Crippen molar-refractivity contribution in [2.24, 2.45) is 13.0 Å². The number of ether oxygens (including phenoxy) is 1. The first-order chi connectivity index (χ1) is 12.8. The van der Waals surface area contributed by atoms with Crippen molar-refractivity contribution in [2.45, 2.75) is 6.04 Å². The van der Waals surface area contributed by atoms with Crippen molar-refractivity contribution in [3.63, 3.8) is 0 Å². The SMILES string of the molecule is CN(C)S(=O)(=O)C[C@@H]1COC[C@H]1NC(=O)c1ccc(-c2nnn(C)n2)cc1. The van der Waals surface area contributed by atoms with Crippen LogP contribution in [0.1, 0.15) is 10.4 Å². The summed E-state index contributed by atoms with van der Waals surface area (Å²) in [6.07, 6.45) is 0. The third-order valence-corrected chi connectivity index (χ3v) is 6.37. The first-order valence-electron chi connectivity index (χ1n) is 8.39. The highest BCUT2D eigenvalue weighted by molar-refractivity contribution is 7.89. The standard InChI is InChI=1S/C16H22N6O4S/c1-21(2)27(24,25)10-13-8-26-9-14(13)17-16(23)12-6-4-11(5-7-12)15-18-20-22(3)19-15/h4-7,13-14H,8-10H2,1-3H3,(H,17,23)/t13-,14+/m0/s1. The van der Waals surface area contributed by atoms with Gasteiger partial charge in [-0.2, -0.15) is 4.80 Å². The molecule has 1 amide bonds. The fraction of sp³-hybridized carbons (Fsp3) is 0.500. The van der Waals surface area contributed by atoms with Crippen molar-refractivity contribution in [3.05, 3.63) is 29.8 Å². The Bertz CT molecular complexity index is 909. The summed E-state index contributed by atoms with van der Waals surface area (Å²) in [5, 5.41) is 14.7. The fourth-order valence-corrected chi connectivity index (χ4v) is 3.93. The van der Waals surface area contributed by atoms with E-state index in [2.05, 4.69) is 20.7 Å². The molecule has 1 saturated heterocycles. The smallest absolute Gasteiger partial charge is 0.251 e. The number of hydrogen-bond donors (Lipinski definition) is 1. The molecule has 1 aliphatic rings. The van der Waals surface area contributed by atoms with Gasteiger partial charge in [-0.3, -0.25) is 4.79 Å². The minimum Gasteiger partial charge on any atom is -0.379 e. The van der Waals surface area contributed by atoms with Crippen LogP contribution in [0.3, 0.4) is 0 Å². The van der Waals surface area contributed by atoms with Gasteiger partial charge in [0.15, 0.2) is 0 Å². The monoisotopic (exact) mass is 394 g/mol. The van der Waals surface area contributed by atoms with Crippen molar-refractivity contribution >= 4 is 15.9 Å². The minimum atomic E-state index is -3.37. The van der Waals surface area contributed by atoms with Gasteiger partial charge >= 0.3 is 0 Å². The molecular formula is C16H22N6O4S. The molecule has 146 valence electrons. The second kappa shape index (κ2) is 7.71. The molecule has 0 radical (unpaired) electrons. The zero-order valence-corrected chi connectivity index (χ0v) is 16.2. The fourth-order valence-electron chi connectivity index (χ4n) is 2.76. The van der Waals surface area contributed by atoms with E-state index in [0.29, 0.717) is 24.6 Å². The Labute approximate surface area is 157 Å². The maximum atomic E-state index is 12.5. The Morgan fingerprint density at radius 2 is 2.00 bits per heavy atom. The third-order valence-electron chi connectivity index (χ3n) is 4.41. The van der Waals surface area contributed by atoms with Gasteiger partial charge in [0.25, 0.3) is 5.91 Å². The minimum absolute atomic E-state index is 0.0672. The Balaban J connectivity index is 1.66. The lowest BCUT2D eigenvalue weighted by molar-refractivity contribution is 0.0926. The number of rotatable bonds is 6. The van der Waals surface area contributed by atoms with Gasteiger partial charge in [0, 0.05) is 31.1 Å². The van der Waals surface area contributed by atoms with Crippen molar-refractivity contribution in [2.75, 3.05) is 33.1 Å². The van der Waals surface area contributed by atoms with E-state index in [0.717, 1.165) is 5.56 Å². The molecule has 10 nitrogen and oxygen atoms in total. The molecule has 0 aliphatic carbocycles. The summed E-state index contributed by atoms with van der Waals surface area (Å²) in [5.41, 5.74) is 1.21. The number of carbonyl (C=O) groups excluding carboxylic acids is 1. The summed E-state index contributed by atoms with van der Waals surface area (Å²) in [6, 6.07) is 6.47. The average molecular weight is 394 g/mol. The summed E-state index contributed by atoms with van der Waals surface area (Å²) in [7, 11) is 1.29. The molecule has 0 saturated carbocycles. The summed E-state index contributed by atoms with van der Waals surface area (Å²) in [4.78, 5) is 13.9. The number of nitrogens with one attached hydrogen (secondary N) is 1. The molecule has 3 rings (SSSR count). The normalized spacial score (nSPS) is 20.1. The Morgan fingerprint density at radius 3 is 2.59 bits per heavy atom. The maximum absolute atomic E-state index is 12.5. The first kappa shape index (κ1) is 19.4. The largest absolute Gasteiger partial charge is 0.379 e. The van der Waals surface area contributed by atoms with E-state index >= 15 is 0 Å². The topological polar surface area (TPSA) is 119 Å². The average Bonchev–Trinajstić information content (AvgIpc) is 3.24. The van der Waals surface area contributed by atoms with Crippen LogP contribution in [0.2, 0.25) is 0 Å².